The topological polar surface area (TPSA) is 138 Å². The largest absolute Gasteiger partial charge is 0.507 e. The van der Waals surface area contributed by atoms with Crippen LogP contribution in [-0.4, -0.2) is 50.6 Å². The van der Waals surface area contributed by atoms with E-state index in [9.17, 15) is 26.7 Å². The maximum atomic E-state index is 12.1. The molecule has 1 heterocycles. The summed E-state index contributed by atoms with van der Waals surface area (Å²) in [6.45, 7) is 0. The first-order chi connectivity index (χ1) is 9.61. The quantitative estimate of drug-likeness (QED) is 0.678. The summed E-state index contributed by atoms with van der Waals surface area (Å²) in [4.78, 5) is 10.5. The first kappa shape index (κ1) is 15.7. The Labute approximate surface area is 121 Å². The van der Waals surface area contributed by atoms with Gasteiger partial charge in [0.1, 0.15) is 11.3 Å². The number of nitrogens with one attached hydrogen (secondary N) is 1. The van der Waals surface area contributed by atoms with Gasteiger partial charge in [-0.3, -0.25) is 0 Å². The van der Waals surface area contributed by atoms with E-state index in [1.54, 1.807) is 0 Å². The molecule has 2 rings (SSSR count). The van der Waals surface area contributed by atoms with Crippen LogP contribution in [0.15, 0.2) is 23.1 Å². The number of carboxylic acids is 1. The molecule has 1 atom stereocenters. The van der Waals surface area contributed by atoms with E-state index in [0.717, 1.165) is 18.2 Å². The van der Waals surface area contributed by atoms with Gasteiger partial charge in [-0.25, -0.2) is 26.4 Å². The molecule has 1 aliphatic rings. The Balaban J connectivity index is 2.28. The molecule has 0 saturated carbocycles. The Morgan fingerprint density at radius 2 is 2.00 bits per heavy atom. The highest BCUT2D eigenvalue weighted by Crippen LogP contribution is 2.22. The van der Waals surface area contributed by atoms with E-state index in [-0.39, 0.29) is 22.8 Å². The second kappa shape index (κ2) is 5.28. The Kier molecular flexibility index (Phi) is 3.95. The van der Waals surface area contributed by atoms with Crippen molar-refractivity contribution < 1.29 is 31.8 Å². The fraction of sp³-hybridized carbons (Fsp3) is 0.364. The average Bonchev–Trinajstić information content (AvgIpc) is 2.67. The van der Waals surface area contributed by atoms with E-state index >= 15 is 0 Å². The maximum Gasteiger partial charge on any atom is 0.339 e. The molecule has 0 aliphatic carbocycles. The predicted octanol–water partition coefficient (Wildman–Crippen LogP) is -0.444. The SMILES string of the molecule is O=C(O)c1cc(S(=O)(=O)N[C@@H]2CCS(=O)(=O)C2)ccc1O. The van der Waals surface area contributed by atoms with E-state index < -0.39 is 43.2 Å². The van der Waals surface area contributed by atoms with Crippen LogP contribution in [0.1, 0.15) is 16.8 Å². The van der Waals surface area contributed by atoms with Crippen LogP contribution in [-0.2, 0) is 19.9 Å². The molecule has 1 saturated heterocycles. The molecule has 0 radical (unpaired) electrons. The number of carbonyl (C=O) groups is 1. The minimum Gasteiger partial charge on any atom is -0.507 e. The summed E-state index contributed by atoms with van der Waals surface area (Å²) >= 11 is 0. The highest BCUT2D eigenvalue weighted by Gasteiger charge is 2.31. The molecule has 21 heavy (non-hydrogen) atoms. The van der Waals surface area contributed by atoms with Crippen LogP contribution >= 0.6 is 0 Å². The highest BCUT2D eigenvalue weighted by atomic mass is 32.2. The van der Waals surface area contributed by atoms with Gasteiger partial charge in [0, 0.05) is 6.04 Å². The lowest BCUT2D eigenvalue weighted by atomic mass is 10.2. The van der Waals surface area contributed by atoms with Gasteiger partial charge in [0.2, 0.25) is 10.0 Å². The normalized spacial score (nSPS) is 21.2. The molecule has 3 N–H and O–H groups in total. The third-order valence-electron chi connectivity index (χ3n) is 3.06. The average molecular weight is 335 g/mol. The molecule has 0 aromatic heterocycles. The van der Waals surface area contributed by atoms with Gasteiger partial charge >= 0.3 is 5.97 Å². The number of aromatic hydroxyl groups is 1. The van der Waals surface area contributed by atoms with Gasteiger partial charge < -0.3 is 10.2 Å². The van der Waals surface area contributed by atoms with Gasteiger partial charge in [0.25, 0.3) is 0 Å². The predicted molar refractivity (Wildman–Crippen MR) is 72.4 cm³/mol. The van der Waals surface area contributed by atoms with E-state index in [1.807, 2.05) is 0 Å². The monoisotopic (exact) mass is 335 g/mol. The van der Waals surface area contributed by atoms with Gasteiger partial charge in [-0.2, -0.15) is 0 Å². The number of sulfonamides is 1. The molecular formula is C11H13NO7S2. The summed E-state index contributed by atoms with van der Waals surface area (Å²) in [5, 5.41) is 18.2. The van der Waals surface area contributed by atoms with Crippen molar-refractivity contribution in [2.24, 2.45) is 0 Å². The zero-order valence-corrected chi connectivity index (χ0v) is 12.3. The third-order valence-corrected chi connectivity index (χ3v) is 6.35. The van der Waals surface area contributed by atoms with Gasteiger partial charge in [0.05, 0.1) is 16.4 Å². The second-order valence-electron chi connectivity index (χ2n) is 4.71. The first-order valence-corrected chi connectivity index (χ1v) is 9.20. The molecule has 0 amide bonds. The molecule has 0 unspecified atom stereocenters. The number of carboxylic acid groups (broad SMARTS) is 1. The van der Waals surface area contributed by atoms with Crippen molar-refractivity contribution in [1.82, 2.24) is 4.72 Å². The molecule has 0 bridgehead atoms. The summed E-state index contributed by atoms with van der Waals surface area (Å²) in [6.07, 6.45) is 0.172. The lowest BCUT2D eigenvalue weighted by Gasteiger charge is -2.12. The third kappa shape index (κ3) is 3.52. The zero-order chi connectivity index (χ0) is 15.8. The molecule has 0 spiro atoms. The molecular weight excluding hydrogens is 322 g/mol. The van der Waals surface area contributed by atoms with Crippen LogP contribution in [0.4, 0.5) is 0 Å². The Morgan fingerprint density at radius 1 is 1.33 bits per heavy atom. The molecule has 1 aromatic carbocycles. The summed E-state index contributed by atoms with van der Waals surface area (Å²) in [6, 6.07) is 2.10. The van der Waals surface area contributed by atoms with Crippen LogP contribution in [0, 0.1) is 0 Å². The summed E-state index contributed by atoms with van der Waals surface area (Å²) < 4.78 is 49.1. The molecule has 1 aromatic rings. The number of benzene rings is 1. The zero-order valence-electron chi connectivity index (χ0n) is 10.7. The van der Waals surface area contributed by atoms with Gasteiger partial charge in [-0.1, -0.05) is 0 Å². The number of hydrogen-bond donors (Lipinski definition) is 3. The van der Waals surface area contributed by atoms with Crippen molar-refractivity contribution in [2.75, 3.05) is 11.5 Å². The van der Waals surface area contributed by atoms with E-state index in [4.69, 9.17) is 5.11 Å². The minimum absolute atomic E-state index is 0.0872. The van der Waals surface area contributed by atoms with Crippen LogP contribution < -0.4 is 4.72 Å². The van der Waals surface area contributed by atoms with Gasteiger partial charge in [-0.15, -0.1) is 0 Å². The molecule has 10 heteroatoms. The standard InChI is InChI=1S/C11H13NO7S2/c13-10-2-1-8(5-9(10)11(14)15)21(18,19)12-7-3-4-20(16,17)6-7/h1-2,5,7,12-13H,3-4,6H2,(H,14,15)/t7-/m1/s1. The summed E-state index contributed by atoms with van der Waals surface area (Å²) in [5.41, 5.74) is -0.545. The van der Waals surface area contributed by atoms with Crippen LogP contribution in [0.25, 0.3) is 0 Å². The maximum absolute atomic E-state index is 12.1. The Morgan fingerprint density at radius 3 is 2.52 bits per heavy atom. The summed E-state index contributed by atoms with van der Waals surface area (Å²) in [5.74, 6) is -2.38. The van der Waals surface area contributed by atoms with E-state index in [0.29, 0.717) is 0 Å². The van der Waals surface area contributed by atoms with Crippen molar-refractivity contribution in [3.8, 4) is 5.75 Å². The number of sulfone groups is 1. The van der Waals surface area contributed by atoms with Crippen molar-refractivity contribution >= 4 is 25.8 Å². The van der Waals surface area contributed by atoms with Crippen LogP contribution in [0.2, 0.25) is 0 Å². The van der Waals surface area contributed by atoms with Crippen molar-refractivity contribution in [3.05, 3.63) is 23.8 Å². The first-order valence-electron chi connectivity index (χ1n) is 5.90. The molecule has 1 fully saturated rings. The highest BCUT2D eigenvalue weighted by molar-refractivity contribution is 7.92. The number of rotatable bonds is 4. The number of hydrogen-bond acceptors (Lipinski definition) is 6. The molecule has 116 valence electrons. The van der Waals surface area contributed by atoms with Crippen molar-refractivity contribution in [3.63, 3.8) is 0 Å². The van der Waals surface area contributed by atoms with Crippen molar-refractivity contribution in [1.29, 1.82) is 0 Å². The number of phenols is 1. The fourth-order valence-electron chi connectivity index (χ4n) is 2.03. The van der Waals surface area contributed by atoms with Crippen LogP contribution in [0.3, 0.4) is 0 Å². The smallest absolute Gasteiger partial charge is 0.339 e. The van der Waals surface area contributed by atoms with E-state index in [1.165, 1.54) is 0 Å². The Hall–Kier alpha value is -1.65. The van der Waals surface area contributed by atoms with Gasteiger partial charge in [0.15, 0.2) is 9.84 Å². The minimum atomic E-state index is -4.06. The van der Waals surface area contributed by atoms with Crippen LogP contribution in [0.5, 0.6) is 5.75 Å². The van der Waals surface area contributed by atoms with Crippen molar-refractivity contribution in [2.45, 2.75) is 17.4 Å². The lowest BCUT2D eigenvalue weighted by Crippen LogP contribution is -2.35. The second-order valence-corrected chi connectivity index (χ2v) is 8.65. The van der Waals surface area contributed by atoms with E-state index in [2.05, 4.69) is 4.72 Å². The molecule has 1 aliphatic heterocycles. The Bertz CT molecular complexity index is 783. The van der Waals surface area contributed by atoms with Gasteiger partial charge in [-0.05, 0) is 24.6 Å². The lowest BCUT2D eigenvalue weighted by molar-refractivity contribution is 0.0693. The number of aromatic carboxylic acids is 1. The summed E-state index contributed by atoms with van der Waals surface area (Å²) in [7, 11) is -7.29. The molecule has 8 nitrogen and oxygen atoms in total. The fourth-order valence-corrected chi connectivity index (χ4v) is 5.10.